The Morgan fingerprint density at radius 1 is 0.878 bits per heavy atom. The van der Waals surface area contributed by atoms with Crippen molar-refractivity contribution in [3.05, 3.63) is 71.8 Å². The van der Waals surface area contributed by atoms with Gasteiger partial charge in [-0.05, 0) is 81.7 Å². The van der Waals surface area contributed by atoms with E-state index in [-0.39, 0.29) is 11.8 Å². The van der Waals surface area contributed by atoms with Crippen LogP contribution in [0.4, 0.5) is 0 Å². The SMILES string of the molecule is CCCCn1c(C2C=CC(Oc3cccc(C(=O)OC)c3)=CC2C)nc2c(OCCCN(CC)CC)cc(OCCCN(CC)CC)cc21. The van der Waals surface area contributed by atoms with Gasteiger partial charge in [-0.15, -0.1) is 0 Å². The highest BCUT2D eigenvalue weighted by Gasteiger charge is 2.27. The van der Waals surface area contributed by atoms with E-state index in [9.17, 15) is 4.79 Å². The number of carbonyl (C=O) groups excluding carboxylic acids is 1. The molecule has 0 aliphatic heterocycles. The molecule has 0 saturated heterocycles. The fraction of sp³-hybridized carbons (Fsp3) is 0.550. The highest BCUT2D eigenvalue weighted by molar-refractivity contribution is 5.89. The maximum absolute atomic E-state index is 12.0. The molecule has 1 aliphatic rings. The van der Waals surface area contributed by atoms with Crippen molar-refractivity contribution in [2.75, 3.05) is 59.6 Å². The van der Waals surface area contributed by atoms with Crippen molar-refractivity contribution in [3.63, 3.8) is 0 Å². The van der Waals surface area contributed by atoms with Gasteiger partial charge in [0.2, 0.25) is 0 Å². The van der Waals surface area contributed by atoms with Gasteiger partial charge in [0.05, 0.1) is 31.4 Å². The van der Waals surface area contributed by atoms with Gasteiger partial charge < -0.3 is 33.3 Å². The fourth-order valence-electron chi connectivity index (χ4n) is 6.33. The zero-order chi connectivity index (χ0) is 35.2. The van der Waals surface area contributed by atoms with Crippen LogP contribution >= 0.6 is 0 Å². The van der Waals surface area contributed by atoms with Crippen LogP contribution in [0.2, 0.25) is 0 Å². The van der Waals surface area contributed by atoms with Gasteiger partial charge in [0.1, 0.15) is 28.6 Å². The van der Waals surface area contributed by atoms with Gasteiger partial charge in [0, 0.05) is 37.7 Å². The van der Waals surface area contributed by atoms with E-state index in [0.717, 1.165) is 106 Å². The van der Waals surface area contributed by atoms with Crippen molar-refractivity contribution in [2.24, 2.45) is 5.92 Å². The van der Waals surface area contributed by atoms with E-state index in [1.165, 1.54) is 7.11 Å². The van der Waals surface area contributed by atoms with E-state index in [1.807, 2.05) is 18.2 Å². The van der Waals surface area contributed by atoms with Gasteiger partial charge in [0.15, 0.2) is 5.75 Å². The topological polar surface area (TPSA) is 78.3 Å². The van der Waals surface area contributed by atoms with Crippen LogP contribution in [-0.2, 0) is 11.3 Å². The van der Waals surface area contributed by atoms with Crippen LogP contribution < -0.4 is 14.2 Å². The van der Waals surface area contributed by atoms with Gasteiger partial charge in [-0.25, -0.2) is 9.78 Å². The van der Waals surface area contributed by atoms with Crippen LogP contribution in [-0.4, -0.2) is 84.9 Å². The summed E-state index contributed by atoms with van der Waals surface area (Å²) >= 11 is 0. The molecule has 0 fully saturated rings. The summed E-state index contributed by atoms with van der Waals surface area (Å²) in [6, 6.07) is 11.2. The molecule has 3 aromatic rings. The Morgan fingerprint density at radius 2 is 1.57 bits per heavy atom. The fourth-order valence-corrected chi connectivity index (χ4v) is 6.33. The molecule has 0 N–H and O–H groups in total. The van der Waals surface area contributed by atoms with Gasteiger partial charge in [0.25, 0.3) is 0 Å². The molecule has 0 bridgehead atoms. The number of aromatic nitrogens is 2. The quantitative estimate of drug-likeness (QED) is 0.0829. The lowest BCUT2D eigenvalue weighted by atomic mass is 9.88. The number of ether oxygens (including phenoxy) is 4. The number of methoxy groups -OCH3 is 1. The van der Waals surface area contributed by atoms with E-state index in [0.29, 0.717) is 24.5 Å². The number of carbonyl (C=O) groups is 1. The number of aryl methyl sites for hydroxylation is 1. The highest BCUT2D eigenvalue weighted by atomic mass is 16.5. The van der Waals surface area contributed by atoms with E-state index in [1.54, 1.807) is 18.2 Å². The first-order chi connectivity index (χ1) is 23.8. The number of unbranched alkanes of at least 4 members (excludes halogenated alkanes) is 1. The predicted octanol–water partition coefficient (Wildman–Crippen LogP) is 8.10. The normalized spacial score (nSPS) is 16.0. The number of nitrogens with zero attached hydrogens (tertiary/aromatic N) is 4. The first-order valence-corrected chi connectivity index (χ1v) is 18.4. The molecular formula is C40H58N4O5. The third-order valence-electron chi connectivity index (χ3n) is 9.36. The van der Waals surface area contributed by atoms with Crippen molar-refractivity contribution in [1.82, 2.24) is 19.4 Å². The van der Waals surface area contributed by atoms with Crippen molar-refractivity contribution >= 4 is 17.0 Å². The van der Waals surface area contributed by atoms with E-state index < -0.39 is 5.97 Å². The standard InChI is InChI=1S/C40H58N4O5/c1-8-13-23-44-36-28-34(47-24-15-21-42(9-2)10-3)29-37(48-25-16-22-43(11-4)12-5)38(36)41-39(44)35-20-19-33(26-30(35)6)49-32-18-14-17-31(27-32)40(45)46-7/h14,17-20,26-30,35H,8-13,15-16,21-25H2,1-7H3. The summed E-state index contributed by atoms with van der Waals surface area (Å²) in [7, 11) is 1.38. The van der Waals surface area contributed by atoms with Crippen LogP contribution in [0.3, 0.4) is 0 Å². The Morgan fingerprint density at radius 3 is 2.20 bits per heavy atom. The predicted molar refractivity (Wildman–Crippen MR) is 198 cm³/mol. The summed E-state index contributed by atoms with van der Waals surface area (Å²) in [6.45, 7) is 21.5. The number of fused-ring (bicyclic) bond motifs is 1. The minimum atomic E-state index is -0.390. The lowest BCUT2D eigenvalue weighted by Gasteiger charge is -2.24. The van der Waals surface area contributed by atoms with Gasteiger partial charge >= 0.3 is 5.97 Å². The smallest absolute Gasteiger partial charge is 0.337 e. The minimum Gasteiger partial charge on any atom is -0.493 e. The second-order valence-electron chi connectivity index (χ2n) is 12.7. The largest absolute Gasteiger partial charge is 0.493 e. The first-order valence-electron chi connectivity index (χ1n) is 18.4. The highest BCUT2D eigenvalue weighted by Crippen LogP contribution is 2.38. The van der Waals surface area contributed by atoms with Crippen molar-refractivity contribution in [3.8, 4) is 17.2 Å². The average molecular weight is 675 g/mol. The third kappa shape index (κ3) is 10.3. The molecular weight excluding hydrogens is 616 g/mol. The molecule has 0 radical (unpaired) electrons. The van der Waals surface area contributed by atoms with Crippen LogP contribution in [0.1, 0.15) is 89.3 Å². The zero-order valence-corrected chi connectivity index (χ0v) is 30.9. The molecule has 2 atom stereocenters. The summed E-state index contributed by atoms with van der Waals surface area (Å²) < 4.78 is 26.3. The number of esters is 1. The lowest BCUT2D eigenvalue weighted by molar-refractivity contribution is 0.0600. The zero-order valence-electron chi connectivity index (χ0n) is 30.9. The monoisotopic (exact) mass is 674 g/mol. The molecule has 1 aromatic heterocycles. The Kier molecular flexibility index (Phi) is 15.0. The maximum atomic E-state index is 12.0. The Hall–Kier alpha value is -3.82. The molecule has 0 spiro atoms. The van der Waals surface area contributed by atoms with Crippen molar-refractivity contribution < 1.29 is 23.7 Å². The molecule has 2 unspecified atom stereocenters. The molecule has 0 saturated carbocycles. The molecule has 9 nitrogen and oxygen atoms in total. The van der Waals surface area contributed by atoms with Crippen molar-refractivity contribution in [1.29, 1.82) is 0 Å². The summed E-state index contributed by atoms with van der Waals surface area (Å²) in [6.07, 6.45) is 10.4. The summed E-state index contributed by atoms with van der Waals surface area (Å²) in [5.41, 5.74) is 2.39. The molecule has 268 valence electrons. The van der Waals surface area contributed by atoms with Gasteiger partial charge in [-0.3, -0.25) is 0 Å². The summed E-state index contributed by atoms with van der Waals surface area (Å²) in [5.74, 6) is 3.73. The minimum absolute atomic E-state index is 0.0481. The van der Waals surface area contributed by atoms with Crippen LogP contribution in [0.15, 0.2) is 60.4 Å². The number of hydrogen-bond donors (Lipinski definition) is 0. The second kappa shape index (κ2) is 19.4. The van der Waals surface area contributed by atoms with E-state index >= 15 is 0 Å². The Labute approximate surface area is 293 Å². The lowest BCUT2D eigenvalue weighted by Crippen LogP contribution is -2.25. The van der Waals surface area contributed by atoms with Crippen LogP contribution in [0, 0.1) is 5.92 Å². The molecule has 49 heavy (non-hydrogen) atoms. The second-order valence-corrected chi connectivity index (χ2v) is 12.7. The molecule has 1 heterocycles. The van der Waals surface area contributed by atoms with Crippen LogP contribution in [0.5, 0.6) is 17.2 Å². The third-order valence-corrected chi connectivity index (χ3v) is 9.36. The number of benzene rings is 2. The number of imidazole rings is 1. The molecule has 2 aromatic carbocycles. The number of hydrogen-bond acceptors (Lipinski definition) is 8. The molecule has 9 heteroatoms. The number of rotatable bonds is 21. The van der Waals surface area contributed by atoms with E-state index in [2.05, 4.69) is 74.1 Å². The Bertz CT molecular complexity index is 1540. The molecule has 1 aliphatic carbocycles. The van der Waals surface area contributed by atoms with E-state index in [4.69, 9.17) is 23.9 Å². The molecule has 4 rings (SSSR count). The van der Waals surface area contributed by atoms with Crippen molar-refractivity contribution in [2.45, 2.75) is 79.7 Å². The maximum Gasteiger partial charge on any atom is 0.337 e. The summed E-state index contributed by atoms with van der Waals surface area (Å²) in [5, 5.41) is 0. The summed E-state index contributed by atoms with van der Waals surface area (Å²) in [4.78, 5) is 22.2. The average Bonchev–Trinajstić information content (AvgIpc) is 3.48. The Balaban J connectivity index is 1.62. The van der Waals surface area contributed by atoms with Gasteiger partial charge in [-0.1, -0.05) is 60.1 Å². The van der Waals surface area contributed by atoms with Gasteiger partial charge in [-0.2, -0.15) is 0 Å². The van der Waals surface area contributed by atoms with Crippen LogP contribution in [0.25, 0.3) is 11.0 Å². The first kappa shape index (κ1) is 38.0. The molecule has 0 amide bonds. The number of allylic oxidation sites excluding steroid dienone is 3.